The van der Waals surface area contributed by atoms with Gasteiger partial charge in [0, 0.05) is 5.56 Å². The zero-order chi connectivity index (χ0) is 12.0. The maximum Gasteiger partial charge on any atom is 0.129 e. The Bertz CT molecular complexity index is 325. The molecule has 2 N–H and O–H groups in total. The molecule has 0 amide bonds. The van der Waals surface area contributed by atoms with Gasteiger partial charge in [-0.05, 0) is 38.9 Å². The lowest BCUT2D eigenvalue weighted by atomic mass is 9.92. The molecule has 90 valence electrons. The number of rotatable bonds is 6. The van der Waals surface area contributed by atoms with Crippen molar-refractivity contribution in [3.63, 3.8) is 0 Å². The summed E-state index contributed by atoms with van der Waals surface area (Å²) in [7, 11) is 0. The molecule has 2 nitrogen and oxygen atoms in total. The second kappa shape index (κ2) is 5.97. The molecule has 1 rings (SSSR count). The maximum atomic E-state index is 13.5. The lowest BCUT2D eigenvalue weighted by molar-refractivity contribution is 0.0444. The first kappa shape index (κ1) is 13.1. The SMILES string of the molecule is CCCNCCC(C)(O)c1ccccc1F. The molecule has 0 radical (unpaired) electrons. The number of halogens is 1. The highest BCUT2D eigenvalue weighted by Crippen LogP contribution is 2.26. The Hall–Kier alpha value is -0.930. The highest BCUT2D eigenvalue weighted by Gasteiger charge is 2.25. The van der Waals surface area contributed by atoms with E-state index < -0.39 is 5.60 Å². The smallest absolute Gasteiger partial charge is 0.129 e. The normalized spacial score (nSPS) is 14.8. The van der Waals surface area contributed by atoms with E-state index in [0.29, 0.717) is 18.5 Å². The van der Waals surface area contributed by atoms with Gasteiger partial charge in [-0.1, -0.05) is 25.1 Å². The van der Waals surface area contributed by atoms with Crippen LogP contribution in [0.4, 0.5) is 4.39 Å². The number of hydrogen-bond donors (Lipinski definition) is 2. The first-order valence-electron chi connectivity index (χ1n) is 5.76. The fraction of sp³-hybridized carbons (Fsp3) is 0.538. The van der Waals surface area contributed by atoms with Gasteiger partial charge in [0.1, 0.15) is 5.82 Å². The van der Waals surface area contributed by atoms with Crippen molar-refractivity contribution in [3.05, 3.63) is 35.6 Å². The first-order valence-corrected chi connectivity index (χ1v) is 5.76. The summed E-state index contributed by atoms with van der Waals surface area (Å²) >= 11 is 0. The molecule has 0 aromatic heterocycles. The van der Waals surface area contributed by atoms with Crippen LogP contribution in [-0.2, 0) is 5.60 Å². The van der Waals surface area contributed by atoms with Crippen molar-refractivity contribution in [2.45, 2.75) is 32.3 Å². The van der Waals surface area contributed by atoms with Crippen molar-refractivity contribution >= 4 is 0 Å². The number of hydrogen-bond acceptors (Lipinski definition) is 2. The van der Waals surface area contributed by atoms with Crippen LogP contribution < -0.4 is 5.32 Å². The van der Waals surface area contributed by atoms with Crippen LogP contribution in [0, 0.1) is 5.82 Å². The van der Waals surface area contributed by atoms with Crippen LogP contribution in [-0.4, -0.2) is 18.2 Å². The molecular formula is C13H20FNO. The Labute approximate surface area is 96.5 Å². The van der Waals surface area contributed by atoms with Crippen molar-refractivity contribution in [2.24, 2.45) is 0 Å². The molecule has 3 heteroatoms. The largest absolute Gasteiger partial charge is 0.385 e. The van der Waals surface area contributed by atoms with E-state index in [0.717, 1.165) is 13.0 Å². The standard InChI is InChI=1S/C13H20FNO/c1-3-9-15-10-8-13(2,16)11-6-4-5-7-12(11)14/h4-7,15-16H,3,8-10H2,1-2H3. The molecule has 1 atom stereocenters. The molecule has 1 aromatic carbocycles. The third-order valence-electron chi connectivity index (χ3n) is 2.67. The minimum absolute atomic E-state index is 0.344. The molecule has 0 aliphatic heterocycles. The van der Waals surface area contributed by atoms with Gasteiger partial charge in [0.25, 0.3) is 0 Å². The Balaban J connectivity index is 2.59. The van der Waals surface area contributed by atoms with Crippen molar-refractivity contribution in [2.75, 3.05) is 13.1 Å². The van der Waals surface area contributed by atoms with Gasteiger partial charge in [-0.15, -0.1) is 0 Å². The first-order chi connectivity index (χ1) is 7.58. The zero-order valence-electron chi connectivity index (χ0n) is 9.96. The van der Waals surface area contributed by atoms with E-state index in [1.807, 2.05) is 0 Å². The quantitative estimate of drug-likeness (QED) is 0.729. The lowest BCUT2D eigenvalue weighted by Gasteiger charge is -2.24. The summed E-state index contributed by atoms with van der Waals surface area (Å²) in [5.74, 6) is -0.344. The molecule has 1 unspecified atom stereocenters. The van der Waals surface area contributed by atoms with Crippen LogP contribution in [0.3, 0.4) is 0 Å². The summed E-state index contributed by atoms with van der Waals surface area (Å²) in [6, 6.07) is 6.38. The Kier molecular flexibility index (Phi) is 4.90. The summed E-state index contributed by atoms with van der Waals surface area (Å²) in [5.41, 5.74) is -0.736. The van der Waals surface area contributed by atoms with Gasteiger partial charge in [0.15, 0.2) is 0 Å². The van der Waals surface area contributed by atoms with Crippen molar-refractivity contribution in [3.8, 4) is 0 Å². The summed E-state index contributed by atoms with van der Waals surface area (Å²) in [6.45, 7) is 5.35. The van der Waals surface area contributed by atoms with E-state index in [1.54, 1.807) is 25.1 Å². The molecule has 0 fully saturated rings. The summed E-state index contributed by atoms with van der Waals surface area (Å²) in [5, 5.41) is 13.4. The molecular weight excluding hydrogens is 205 g/mol. The fourth-order valence-electron chi connectivity index (χ4n) is 1.67. The summed E-state index contributed by atoms with van der Waals surface area (Å²) in [4.78, 5) is 0. The molecule has 0 bridgehead atoms. The minimum atomic E-state index is -1.11. The topological polar surface area (TPSA) is 32.3 Å². The molecule has 0 heterocycles. The average molecular weight is 225 g/mol. The minimum Gasteiger partial charge on any atom is -0.385 e. The van der Waals surface area contributed by atoms with Gasteiger partial charge < -0.3 is 10.4 Å². The van der Waals surface area contributed by atoms with Gasteiger partial charge in [-0.3, -0.25) is 0 Å². The van der Waals surface area contributed by atoms with Crippen molar-refractivity contribution in [1.29, 1.82) is 0 Å². The van der Waals surface area contributed by atoms with E-state index in [-0.39, 0.29) is 5.82 Å². The summed E-state index contributed by atoms with van der Waals surface area (Å²) in [6.07, 6.45) is 1.57. The van der Waals surface area contributed by atoms with Crippen LogP contribution in [0.2, 0.25) is 0 Å². The number of benzene rings is 1. The third-order valence-corrected chi connectivity index (χ3v) is 2.67. The predicted molar refractivity (Wildman–Crippen MR) is 63.7 cm³/mol. The van der Waals surface area contributed by atoms with E-state index in [1.165, 1.54) is 6.07 Å². The molecule has 0 spiro atoms. The Morgan fingerprint density at radius 3 is 2.62 bits per heavy atom. The van der Waals surface area contributed by atoms with E-state index >= 15 is 0 Å². The van der Waals surface area contributed by atoms with Crippen LogP contribution in [0.15, 0.2) is 24.3 Å². The monoisotopic (exact) mass is 225 g/mol. The molecule has 0 aliphatic carbocycles. The van der Waals surface area contributed by atoms with Crippen LogP contribution in [0.25, 0.3) is 0 Å². The zero-order valence-corrected chi connectivity index (χ0v) is 9.96. The number of aliphatic hydroxyl groups is 1. The fourth-order valence-corrected chi connectivity index (χ4v) is 1.67. The lowest BCUT2D eigenvalue weighted by Crippen LogP contribution is -2.29. The van der Waals surface area contributed by atoms with Crippen LogP contribution in [0.5, 0.6) is 0 Å². The Morgan fingerprint density at radius 2 is 2.00 bits per heavy atom. The molecule has 0 saturated carbocycles. The van der Waals surface area contributed by atoms with Gasteiger partial charge >= 0.3 is 0 Å². The highest BCUT2D eigenvalue weighted by molar-refractivity contribution is 5.23. The van der Waals surface area contributed by atoms with E-state index in [2.05, 4.69) is 12.2 Å². The maximum absolute atomic E-state index is 13.5. The third kappa shape index (κ3) is 3.58. The molecule has 0 saturated heterocycles. The van der Waals surface area contributed by atoms with Crippen molar-refractivity contribution < 1.29 is 9.50 Å². The molecule has 0 aliphatic rings. The predicted octanol–water partition coefficient (Wildman–Crippen LogP) is 2.42. The Morgan fingerprint density at radius 1 is 1.31 bits per heavy atom. The number of nitrogens with one attached hydrogen (secondary N) is 1. The van der Waals surface area contributed by atoms with Crippen LogP contribution >= 0.6 is 0 Å². The second-order valence-electron chi connectivity index (χ2n) is 4.25. The summed E-state index contributed by atoms with van der Waals surface area (Å²) < 4.78 is 13.5. The van der Waals surface area contributed by atoms with Gasteiger partial charge in [0.2, 0.25) is 0 Å². The van der Waals surface area contributed by atoms with Crippen LogP contribution in [0.1, 0.15) is 32.3 Å². The van der Waals surface area contributed by atoms with Gasteiger partial charge in [-0.2, -0.15) is 0 Å². The molecule has 1 aromatic rings. The van der Waals surface area contributed by atoms with E-state index in [9.17, 15) is 9.50 Å². The van der Waals surface area contributed by atoms with Gasteiger partial charge in [-0.25, -0.2) is 4.39 Å². The van der Waals surface area contributed by atoms with Crippen molar-refractivity contribution in [1.82, 2.24) is 5.32 Å². The van der Waals surface area contributed by atoms with Gasteiger partial charge in [0.05, 0.1) is 5.60 Å². The van der Waals surface area contributed by atoms with E-state index in [4.69, 9.17) is 0 Å². The second-order valence-corrected chi connectivity index (χ2v) is 4.25. The molecule has 16 heavy (non-hydrogen) atoms. The highest BCUT2D eigenvalue weighted by atomic mass is 19.1. The average Bonchev–Trinajstić information content (AvgIpc) is 2.25.